The molecule has 0 saturated carbocycles. The van der Waals surface area contributed by atoms with Gasteiger partial charge in [-0.15, -0.1) is 0 Å². The molecule has 0 unspecified atom stereocenters. The Kier molecular flexibility index (Phi) is 3.92. The van der Waals surface area contributed by atoms with Gasteiger partial charge < -0.3 is 9.47 Å². The zero-order valence-corrected chi connectivity index (χ0v) is 12.2. The van der Waals surface area contributed by atoms with Gasteiger partial charge in [0.2, 0.25) is 0 Å². The van der Waals surface area contributed by atoms with Crippen LogP contribution in [0.4, 0.5) is 0 Å². The van der Waals surface area contributed by atoms with E-state index in [-0.39, 0.29) is 30.7 Å². The molecule has 1 aliphatic rings. The second-order valence-corrected chi connectivity index (χ2v) is 5.19. The van der Waals surface area contributed by atoms with Crippen molar-refractivity contribution in [3.8, 4) is 5.75 Å². The largest absolute Gasteiger partial charge is 0.484 e. The molecule has 4 nitrogen and oxygen atoms in total. The average molecular weight is 296 g/mol. The van der Waals surface area contributed by atoms with Crippen LogP contribution in [0.15, 0.2) is 48.5 Å². The first-order valence-corrected chi connectivity index (χ1v) is 7.12. The Balaban J connectivity index is 1.93. The van der Waals surface area contributed by atoms with Gasteiger partial charge in [0.1, 0.15) is 11.9 Å². The quantitative estimate of drug-likeness (QED) is 0.817. The molecule has 4 heteroatoms. The highest BCUT2D eigenvalue weighted by atomic mass is 16.5. The number of Topliss-reactive ketones (excluding diaryl/α,β-unsaturated/α-hetero) is 1. The fraction of sp³-hybridized carbons (Fsp3) is 0.222. The second-order valence-electron chi connectivity index (χ2n) is 5.19. The molecule has 1 atom stereocenters. The van der Waals surface area contributed by atoms with E-state index in [1.54, 1.807) is 18.2 Å². The number of benzene rings is 2. The van der Waals surface area contributed by atoms with Gasteiger partial charge in [0.15, 0.2) is 5.78 Å². The van der Waals surface area contributed by atoms with Gasteiger partial charge in [-0.05, 0) is 17.2 Å². The molecule has 2 aromatic carbocycles. The summed E-state index contributed by atoms with van der Waals surface area (Å²) < 4.78 is 10.7. The molecule has 0 aliphatic carbocycles. The summed E-state index contributed by atoms with van der Waals surface area (Å²) in [6.07, 6.45) is 0.0644. The third kappa shape index (κ3) is 2.72. The monoisotopic (exact) mass is 296 g/mol. The van der Waals surface area contributed by atoms with E-state index >= 15 is 0 Å². The number of hydrogen-bond donors (Lipinski definition) is 0. The normalized spacial score (nSPS) is 16.6. The summed E-state index contributed by atoms with van der Waals surface area (Å²) in [5.41, 5.74) is 2.13. The van der Waals surface area contributed by atoms with Gasteiger partial charge in [-0.3, -0.25) is 9.59 Å². The van der Waals surface area contributed by atoms with Crippen LogP contribution in [0.1, 0.15) is 34.0 Å². The van der Waals surface area contributed by atoms with Crippen LogP contribution in [0, 0.1) is 0 Å². The molecule has 0 radical (unpaired) electrons. The summed E-state index contributed by atoms with van der Waals surface area (Å²) >= 11 is 0. The topological polar surface area (TPSA) is 52.6 Å². The second kappa shape index (κ2) is 6.02. The predicted octanol–water partition coefficient (Wildman–Crippen LogP) is 3.11. The standard InChI is InChI=1S/C18H16O4/c1-21-17(20)10-13-8-5-9-15-18(13)14(19)11-16(22-15)12-6-3-2-4-7-12/h2-9,16H,10-11H2,1H3/t16-/m0/s1. The summed E-state index contributed by atoms with van der Waals surface area (Å²) in [6.45, 7) is 0. The Bertz CT molecular complexity index is 706. The van der Waals surface area contributed by atoms with Crippen LogP contribution in [-0.2, 0) is 16.0 Å². The number of hydrogen-bond acceptors (Lipinski definition) is 4. The summed E-state index contributed by atoms with van der Waals surface area (Å²) in [6, 6.07) is 15.0. The molecule has 0 aromatic heterocycles. The first kappa shape index (κ1) is 14.3. The van der Waals surface area contributed by atoms with Gasteiger partial charge in [0.05, 0.1) is 25.5 Å². The lowest BCUT2D eigenvalue weighted by molar-refractivity contribution is -0.139. The Morgan fingerprint density at radius 2 is 1.95 bits per heavy atom. The Hall–Kier alpha value is -2.62. The zero-order valence-electron chi connectivity index (χ0n) is 12.2. The van der Waals surface area contributed by atoms with Gasteiger partial charge in [-0.25, -0.2) is 0 Å². The smallest absolute Gasteiger partial charge is 0.310 e. The number of esters is 1. The molecule has 0 amide bonds. The van der Waals surface area contributed by atoms with E-state index < -0.39 is 0 Å². The van der Waals surface area contributed by atoms with Crippen molar-refractivity contribution in [1.82, 2.24) is 0 Å². The molecule has 1 aliphatic heterocycles. The minimum absolute atomic E-state index is 0.00499. The highest BCUT2D eigenvalue weighted by Crippen LogP contribution is 2.36. The van der Waals surface area contributed by atoms with Crippen molar-refractivity contribution >= 4 is 11.8 Å². The van der Waals surface area contributed by atoms with Gasteiger partial charge in [-0.1, -0.05) is 42.5 Å². The Morgan fingerprint density at radius 1 is 1.18 bits per heavy atom. The van der Waals surface area contributed by atoms with E-state index in [1.165, 1.54) is 7.11 Å². The molecule has 22 heavy (non-hydrogen) atoms. The van der Waals surface area contributed by atoms with Crippen molar-refractivity contribution in [2.75, 3.05) is 7.11 Å². The minimum Gasteiger partial charge on any atom is -0.484 e. The van der Waals surface area contributed by atoms with Gasteiger partial charge in [0, 0.05) is 0 Å². The van der Waals surface area contributed by atoms with Crippen molar-refractivity contribution in [3.05, 3.63) is 65.2 Å². The maximum atomic E-state index is 12.5. The third-order valence-electron chi connectivity index (χ3n) is 3.77. The molecule has 3 rings (SSSR count). The molecule has 0 bridgehead atoms. The summed E-state index contributed by atoms with van der Waals surface area (Å²) in [4.78, 5) is 24.0. The number of carbonyl (C=O) groups excluding carboxylic acids is 2. The third-order valence-corrected chi connectivity index (χ3v) is 3.77. The van der Waals surface area contributed by atoms with Crippen LogP contribution in [0.25, 0.3) is 0 Å². The van der Waals surface area contributed by atoms with Crippen LogP contribution in [0.2, 0.25) is 0 Å². The molecule has 1 heterocycles. The first-order chi connectivity index (χ1) is 10.7. The van der Waals surface area contributed by atoms with E-state index in [1.807, 2.05) is 30.3 Å². The molecule has 2 aromatic rings. The lowest BCUT2D eigenvalue weighted by Gasteiger charge is -2.26. The molecular weight excluding hydrogens is 280 g/mol. The van der Waals surface area contributed by atoms with Gasteiger partial charge in [-0.2, -0.15) is 0 Å². The van der Waals surface area contributed by atoms with Crippen LogP contribution in [-0.4, -0.2) is 18.9 Å². The van der Waals surface area contributed by atoms with E-state index in [2.05, 4.69) is 4.74 Å². The van der Waals surface area contributed by atoms with Crippen molar-refractivity contribution in [2.24, 2.45) is 0 Å². The van der Waals surface area contributed by atoms with E-state index in [0.29, 0.717) is 16.9 Å². The SMILES string of the molecule is COC(=O)Cc1cccc2c1C(=O)C[C@@H](c1ccccc1)O2. The number of ketones is 1. The zero-order chi connectivity index (χ0) is 15.5. The van der Waals surface area contributed by atoms with Crippen molar-refractivity contribution in [2.45, 2.75) is 18.9 Å². The predicted molar refractivity (Wildman–Crippen MR) is 80.9 cm³/mol. The lowest BCUT2D eigenvalue weighted by Crippen LogP contribution is -2.22. The molecule has 112 valence electrons. The molecular formula is C18H16O4. The van der Waals surface area contributed by atoms with Crippen LogP contribution >= 0.6 is 0 Å². The number of rotatable bonds is 3. The molecule has 0 saturated heterocycles. The Labute approximate surface area is 128 Å². The summed E-state index contributed by atoms with van der Waals surface area (Å²) in [5, 5.41) is 0. The van der Waals surface area contributed by atoms with Crippen LogP contribution < -0.4 is 4.74 Å². The number of carbonyl (C=O) groups is 2. The van der Waals surface area contributed by atoms with Crippen molar-refractivity contribution in [3.63, 3.8) is 0 Å². The molecule has 0 spiro atoms. The summed E-state index contributed by atoms with van der Waals surface area (Å²) in [5.74, 6) is 0.160. The van der Waals surface area contributed by atoms with E-state index in [0.717, 1.165) is 5.56 Å². The van der Waals surface area contributed by atoms with Crippen molar-refractivity contribution < 1.29 is 19.1 Å². The molecule has 0 N–H and O–H groups in total. The van der Waals surface area contributed by atoms with Crippen LogP contribution in [0.3, 0.4) is 0 Å². The fourth-order valence-electron chi connectivity index (χ4n) is 2.69. The Morgan fingerprint density at radius 3 is 2.68 bits per heavy atom. The lowest BCUT2D eigenvalue weighted by atomic mass is 9.92. The minimum atomic E-state index is -0.369. The number of methoxy groups -OCH3 is 1. The van der Waals surface area contributed by atoms with Gasteiger partial charge >= 0.3 is 5.97 Å². The first-order valence-electron chi connectivity index (χ1n) is 7.12. The highest BCUT2D eigenvalue weighted by Gasteiger charge is 2.30. The number of fused-ring (bicyclic) bond motifs is 1. The van der Waals surface area contributed by atoms with E-state index in [4.69, 9.17) is 4.74 Å². The van der Waals surface area contributed by atoms with Gasteiger partial charge in [0.25, 0.3) is 0 Å². The maximum Gasteiger partial charge on any atom is 0.310 e. The molecule has 0 fully saturated rings. The van der Waals surface area contributed by atoms with E-state index in [9.17, 15) is 9.59 Å². The van der Waals surface area contributed by atoms with Crippen LogP contribution in [0.5, 0.6) is 5.75 Å². The maximum absolute atomic E-state index is 12.5. The van der Waals surface area contributed by atoms with Crippen molar-refractivity contribution in [1.29, 1.82) is 0 Å². The summed E-state index contributed by atoms with van der Waals surface area (Å²) in [7, 11) is 1.33. The average Bonchev–Trinajstić information content (AvgIpc) is 2.55. The number of ether oxygens (including phenoxy) is 2. The fourth-order valence-corrected chi connectivity index (χ4v) is 2.69. The highest BCUT2D eigenvalue weighted by molar-refractivity contribution is 6.02.